The molecule has 2 unspecified atom stereocenters. The fraction of sp³-hybridized carbons (Fsp3) is 0.351. The molecule has 2 aromatic heterocycles. The highest BCUT2D eigenvalue weighted by Crippen LogP contribution is 2.63. The smallest absolute Gasteiger partial charge is 0.0311 e. The van der Waals surface area contributed by atoms with Crippen LogP contribution in [-0.2, 0) is 25.7 Å². The van der Waals surface area contributed by atoms with Crippen LogP contribution in [0.1, 0.15) is 108 Å². The van der Waals surface area contributed by atoms with Gasteiger partial charge < -0.3 is 0 Å². The van der Waals surface area contributed by atoms with Crippen molar-refractivity contribution in [2.24, 2.45) is 5.41 Å². The van der Waals surface area contributed by atoms with E-state index in [9.17, 15) is 0 Å². The maximum atomic E-state index is 2.57. The lowest BCUT2D eigenvalue weighted by molar-refractivity contribution is 0.303. The van der Waals surface area contributed by atoms with Gasteiger partial charge in [0.2, 0.25) is 0 Å². The molecular formula is C37H40S2. The summed E-state index contributed by atoms with van der Waals surface area (Å²) in [5, 5.41) is 4.74. The Kier molecular flexibility index (Phi) is 7.06. The number of thiophene rings is 2. The second-order valence-electron chi connectivity index (χ2n) is 11.8. The number of hydrogen-bond donors (Lipinski definition) is 0. The predicted octanol–water partition coefficient (Wildman–Crippen LogP) is 11.1. The Morgan fingerprint density at radius 1 is 0.615 bits per heavy atom. The molecule has 39 heavy (non-hydrogen) atoms. The van der Waals surface area contributed by atoms with Crippen molar-refractivity contribution in [1.29, 1.82) is 0 Å². The zero-order valence-corrected chi connectivity index (χ0v) is 25.9. The number of hydrogen-bond acceptors (Lipinski definition) is 2. The molecule has 2 aliphatic rings. The summed E-state index contributed by atoms with van der Waals surface area (Å²) in [4.78, 5) is 2.89. The van der Waals surface area contributed by atoms with Crippen LogP contribution in [0.5, 0.6) is 0 Å². The third-order valence-electron chi connectivity index (χ3n) is 9.22. The fourth-order valence-corrected chi connectivity index (χ4v) is 9.31. The molecule has 0 amide bonds. The topological polar surface area (TPSA) is 0 Å². The molecule has 2 heteroatoms. The summed E-state index contributed by atoms with van der Waals surface area (Å²) in [7, 11) is 0. The van der Waals surface area contributed by atoms with Crippen LogP contribution in [0, 0.1) is 5.41 Å². The van der Waals surface area contributed by atoms with E-state index >= 15 is 0 Å². The Labute approximate surface area is 243 Å². The van der Waals surface area contributed by atoms with E-state index in [4.69, 9.17) is 0 Å². The van der Waals surface area contributed by atoms with Crippen molar-refractivity contribution in [2.45, 2.75) is 79.1 Å². The van der Waals surface area contributed by atoms with Crippen LogP contribution in [-0.4, -0.2) is 0 Å². The summed E-state index contributed by atoms with van der Waals surface area (Å²) >= 11 is 3.87. The lowest BCUT2D eigenvalue weighted by Crippen LogP contribution is -2.31. The first-order valence-corrected chi connectivity index (χ1v) is 16.5. The van der Waals surface area contributed by atoms with Gasteiger partial charge in [-0.3, -0.25) is 0 Å². The molecule has 2 heterocycles. The summed E-state index contributed by atoms with van der Waals surface area (Å²) in [6, 6.07) is 18.9. The molecule has 4 aromatic rings. The van der Waals surface area contributed by atoms with E-state index in [1.807, 2.05) is 22.7 Å². The van der Waals surface area contributed by atoms with Gasteiger partial charge in [0.05, 0.1) is 0 Å². The zero-order valence-electron chi connectivity index (χ0n) is 24.2. The van der Waals surface area contributed by atoms with Crippen molar-refractivity contribution in [3.63, 3.8) is 0 Å². The third kappa shape index (κ3) is 4.32. The van der Waals surface area contributed by atoms with Gasteiger partial charge in [-0.25, -0.2) is 0 Å². The van der Waals surface area contributed by atoms with Gasteiger partial charge in [0.1, 0.15) is 0 Å². The second kappa shape index (κ2) is 10.4. The third-order valence-corrected chi connectivity index (χ3v) is 11.3. The molecule has 6 rings (SSSR count). The maximum absolute atomic E-state index is 2.57. The number of rotatable bonds is 8. The van der Waals surface area contributed by atoms with Gasteiger partial charge in [0, 0.05) is 21.6 Å². The number of fused-ring (bicyclic) bond motifs is 2. The number of allylic oxidation sites excluding steroid dienone is 2. The van der Waals surface area contributed by atoms with Crippen molar-refractivity contribution in [1.82, 2.24) is 0 Å². The average Bonchev–Trinajstić information content (AvgIpc) is 3.75. The lowest BCUT2D eigenvalue weighted by atomic mass is 9.61. The predicted molar refractivity (Wildman–Crippen MR) is 174 cm³/mol. The van der Waals surface area contributed by atoms with Crippen LogP contribution in [0.25, 0.3) is 23.3 Å². The molecule has 0 spiro atoms. The van der Waals surface area contributed by atoms with Gasteiger partial charge in [0.25, 0.3) is 0 Å². The molecule has 2 atom stereocenters. The molecule has 200 valence electrons. The monoisotopic (exact) mass is 548 g/mol. The fourth-order valence-electron chi connectivity index (χ4n) is 7.21. The number of aryl methyl sites for hydroxylation is 4. The standard InChI is InChI=1S/C37H40S2/c1-7-23-17-31(38-21-23)29-19-27-15-11-13-25(9-3)33(27)35(29)37(5,6)36-30(32-18-24(8-2)22-39-32)20-28-16-12-14-26(10-4)34(28)36/h11-22,35-36H,7-10H2,1-6H3. The largest absolute Gasteiger partial charge is 0.144 e. The molecular weight excluding hydrogens is 509 g/mol. The molecule has 2 aromatic carbocycles. The van der Waals surface area contributed by atoms with E-state index in [0.717, 1.165) is 25.7 Å². The minimum absolute atomic E-state index is 0.0303. The van der Waals surface area contributed by atoms with E-state index in [2.05, 4.69) is 113 Å². The van der Waals surface area contributed by atoms with Crippen LogP contribution >= 0.6 is 22.7 Å². The Bertz CT molecular complexity index is 1470. The van der Waals surface area contributed by atoms with Gasteiger partial charge in [-0.2, -0.15) is 0 Å². The van der Waals surface area contributed by atoms with Crippen LogP contribution in [0.15, 0.2) is 59.3 Å². The normalized spacial score (nSPS) is 18.2. The van der Waals surface area contributed by atoms with Gasteiger partial charge >= 0.3 is 0 Å². The molecule has 0 saturated carbocycles. The van der Waals surface area contributed by atoms with Crippen LogP contribution in [0.2, 0.25) is 0 Å². The minimum atomic E-state index is -0.0303. The molecule has 0 fully saturated rings. The second-order valence-corrected chi connectivity index (χ2v) is 13.6. The summed E-state index contributed by atoms with van der Waals surface area (Å²) in [6.45, 7) is 14.3. The van der Waals surface area contributed by atoms with Crippen molar-refractivity contribution in [2.75, 3.05) is 0 Å². The Balaban J connectivity index is 1.58. The van der Waals surface area contributed by atoms with E-state index in [-0.39, 0.29) is 5.41 Å². The highest BCUT2D eigenvalue weighted by atomic mass is 32.1. The van der Waals surface area contributed by atoms with Gasteiger partial charge in [-0.05, 0) is 122 Å². The van der Waals surface area contributed by atoms with Gasteiger partial charge in [0.15, 0.2) is 0 Å². The summed E-state index contributed by atoms with van der Waals surface area (Å²) in [5.41, 5.74) is 14.9. The van der Waals surface area contributed by atoms with E-state index in [0.29, 0.717) is 11.8 Å². The maximum Gasteiger partial charge on any atom is 0.0311 e. The average molecular weight is 549 g/mol. The van der Waals surface area contributed by atoms with Gasteiger partial charge in [-0.1, -0.05) is 77.9 Å². The molecule has 2 aliphatic carbocycles. The Morgan fingerprint density at radius 3 is 1.41 bits per heavy atom. The molecule has 0 N–H and O–H groups in total. The van der Waals surface area contributed by atoms with Crippen LogP contribution in [0.3, 0.4) is 0 Å². The van der Waals surface area contributed by atoms with E-state index < -0.39 is 0 Å². The van der Waals surface area contributed by atoms with E-state index in [1.165, 1.54) is 54.3 Å². The quantitative estimate of drug-likeness (QED) is 0.205. The summed E-state index contributed by atoms with van der Waals surface area (Å²) in [6.07, 6.45) is 9.36. The Hall–Kier alpha value is -2.68. The highest BCUT2D eigenvalue weighted by molar-refractivity contribution is 7.11. The summed E-state index contributed by atoms with van der Waals surface area (Å²) < 4.78 is 0. The highest BCUT2D eigenvalue weighted by Gasteiger charge is 2.49. The van der Waals surface area contributed by atoms with Crippen molar-refractivity contribution in [3.8, 4) is 0 Å². The molecule has 0 bridgehead atoms. The van der Waals surface area contributed by atoms with Crippen LogP contribution in [0.4, 0.5) is 0 Å². The first-order chi connectivity index (χ1) is 18.9. The molecule has 0 radical (unpaired) electrons. The van der Waals surface area contributed by atoms with Crippen LogP contribution < -0.4 is 0 Å². The van der Waals surface area contributed by atoms with Crippen molar-refractivity contribution >= 4 is 46.0 Å². The van der Waals surface area contributed by atoms with Crippen molar-refractivity contribution in [3.05, 3.63) is 114 Å². The molecule has 0 nitrogen and oxygen atoms in total. The molecule has 0 saturated heterocycles. The minimum Gasteiger partial charge on any atom is -0.144 e. The van der Waals surface area contributed by atoms with Crippen molar-refractivity contribution < 1.29 is 0 Å². The summed E-state index contributed by atoms with van der Waals surface area (Å²) in [5.74, 6) is 0.670. The molecule has 0 aliphatic heterocycles. The first kappa shape index (κ1) is 26.5. The first-order valence-electron chi connectivity index (χ1n) is 14.7. The van der Waals surface area contributed by atoms with Gasteiger partial charge in [-0.15, -0.1) is 22.7 Å². The zero-order chi connectivity index (χ0) is 27.3. The Morgan fingerprint density at radius 2 is 1.05 bits per heavy atom. The van der Waals surface area contributed by atoms with E-state index in [1.54, 1.807) is 11.1 Å². The SMILES string of the molecule is CCc1csc(C2=Cc3cccc(CC)c3C2C(C)(C)C2C(c3cc(CC)cs3)=Cc3cccc(CC)c32)c1. The lowest BCUT2D eigenvalue weighted by Gasteiger charge is -2.42. The number of benzene rings is 2.